The van der Waals surface area contributed by atoms with Gasteiger partial charge in [0.15, 0.2) is 0 Å². The van der Waals surface area contributed by atoms with Crippen LogP contribution in [0.2, 0.25) is 0 Å². The number of furan rings is 2. The van der Waals surface area contributed by atoms with E-state index in [1.54, 1.807) is 0 Å². The number of carbonyl (C=O) groups is 1. The summed E-state index contributed by atoms with van der Waals surface area (Å²) in [5.41, 5.74) is 2.11. The highest BCUT2D eigenvalue weighted by molar-refractivity contribution is 5.72. The van der Waals surface area contributed by atoms with Crippen LogP contribution < -0.4 is 5.32 Å². The number of benzene rings is 1. The number of aryl methyl sites for hydroxylation is 2. The van der Waals surface area contributed by atoms with Crippen LogP contribution in [0.5, 0.6) is 0 Å². The Kier molecular flexibility index (Phi) is 4.56. The van der Waals surface area contributed by atoms with Gasteiger partial charge in [0.1, 0.15) is 29.0 Å². The number of hydrogen-bond donors (Lipinski definition) is 1. The topological polar surface area (TPSA) is 55.4 Å². The van der Waals surface area contributed by atoms with Crippen LogP contribution in [-0.2, 0) is 11.3 Å². The highest BCUT2D eigenvalue weighted by Crippen LogP contribution is 2.35. The highest BCUT2D eigenvalue weighted by Gasteiger charge is 2.25. The first-order chi connectivity index (χ1) is 11.5. The monoisotopic (exact) mass is 323 g/mol. The maximum atomic E-state index is 11.3. The Labute approximate surface area is 141 Å². The lowest BCUT2D eigenvalue weighted by atomic mass is 9.90. The molecule has 0 spiro atoms. The Morgan fingerprint density at radius 1 is 0.958 bits per heavy atom. The first-order valence-corrected chi connectivity index (χ1v) is 7.99. The number of nitrogens with one attached hydrogen (secondary N) is 1. The van der Waals surface area contributed by atoms with Gasteiger partial charge in [-0.3, -0.25) is 4.79 Å². The summed E-state index contributed by atoms with van der Waals surface area (Å²) in [5.74, 6) is 3.19. The van der Waals surface area contributed by atoms with Crippen molar-refractivity contribution in [2.75, 3.05) is 0 Å². The second-order valence-electron chi connectivity index (χ2n) is 5.94. The molecule has 0 atom stereocenters. The van der Waals surface area contributed by atoms with E-state index in [4.69, 9.17) is 8.83 Å². The van der Waals surface area contributed by atoms with Crippen molar-refractivity contribution < 1.29 is 13.6 Å². The summed E-state index contributed by atoms with van der Waals surface area (Å²) < 4.78 is 11.8. The normalized spacial score (nSPS) is 11.0. The van der Waals surface area contributed by atoms with Crippen molar-refractivity contribution in [3.05, 3.63) is 82.7 Å². The van der Waals surface area contributed by atoms with Crippen LogP contribution >= 0.6 is 0 Å². The molecule has 0 aliphatic heterocycles. The van der Waals surface area contributed by atoms with Gasteiger partial charge in [0, 0.05) is 13.5 Å². The molecule has 0 aliphatic carbocycles. The summed E-state index contributed by atoms with van der Waals surface area (Å²) in [5, 5.41) is 2.87. The molecule has 124 valence electrons. The van der Waals surface area contributed by atoms with Gasteiger partial charge in [-0.15, -0.1) is 0 Å². The predicted molar refractivity (Wildman–Crippen MR) is 91.8 cm³/mol. The average molecular weight is 323 g/mol. The van der Waals surface area contributed by atoms with E-state index in [9.17, 15) is 4.79 Å². The van der Waals surface area contributed by atoms with Crippen molar-refractivity contribution in [1.82, 2.24) is 5.32 Å². The second kappa shape index (κ2) is 6.79. The molecule has 0 radical (unpaired) electrons. The van der Waals surface area contributed by atoms with Gasteiger partial charge < -0.3 is 14.2 Å². The van der Waals surface area contributed by atoms with Gasteiger partial charge in [0.25, 0.3) is 0 Å². The number of hydrogen-bond acceptors (Lipinski definition) is 3. The zero-order valence-electron chi connectivity index (χ0n) is 14.1. The van der Waals surface area contributed by atoms with E-state index in [1.807, 2.05) is 56.3 Å². The van der Waals surface area contributed by atoms with Gasteiger partial charge in [-0.1, -0.05) is 24.3 Å². The van der Waals surface area contributed by atoms with E-state index in [0.717, 1.165) is 34.2 Å². The lowest BCUT2D eigenvalue weighted by molar-refractivity contribution is -0.119. The average Bonchev–Trinajstić information content (AvgIpc) is 3.16. The first kappa shape index (κ1) is 16.1. The van der Waals surface area contributed by atoms with Crippen LogP contribution in [0.25, 0.3) is 0 Å². The molecule has 3 aromatic rings. The third kappa shape index (κ3) is 3.43. The predicted octanol–water partition coefficient (Wildman–Crippen LogP) is 4.31. The van der Waals surface area contributed by atoms with E-state index >= 15 is 0 Å². The summed E-state index contributed by atoms with van der Waals surface area (Å²) in [6.45, 7) is 5.85. The van der Waals surface area contributed by atoms with Crippen LogP contribution in [0, 0.1) is 13.8 Å². The number of amides is 1. The van der Waals surface area contributed by atoms with Gasteiger partial charge in [0.2, 0.25) is 5.91 Å². The minimum atomic E-state index is -0.141. The standard InChI is InChI=1S/C20H21NO3/c1-13-8-10-18(23-13)20(19-11-9-14(2)24-19)17-7-5-4-6-16(17)12-21-15(3)22/h4-11,20H,12H2,1-3H3,(H,21,22). The second-order valence-corrected chi connectivity index (χ2v) is 5.94. The quantitative estimate of drug-likeness (QED) is 0.761. The SMILES string of the molecule is CC(=O)NCc1ccccc1C(c1ccc(C)o1)c1ccc(C)o1. The third-order valence-electron chi connectivity index (χ3n) is 3.99. The fourth-order valence-electron chi connectivity index (χ4n) is 2.86. The van der Waals surface area contributed by atoms with Crippen molar-refractivity contribution in [2.24, 2.45) is 0 Å². The van der Waals surface area contributed by atoms with Gasteiger partial charge in [-0.25, -0.2) is 0 Å². The number of carbonyl (C=O) groups excluding carboxylic acids is 1. The molecular weight excluding hydrogens is 302 g/mol. The molecule has 4 nitrogen and oxygen atoms in total. The molecule has 24 heavy (non-hydrogen) atoms. The summed E-state index contributed by atoms with van der Waals surface area (Å²) in [6, 6.07) is 15.9. The van der Waals surface area contributed by atoms with Crippen LogP contribution in [0.3, 0.4) is 0 Å². The van der Waals surface area contributed by atoms with Crippen LogP contribution in [0.15, 0.2) is 57.4 Å². The Morgan fingerprint density at radius 3 is 2.04 bits per heavy atom. The molecule has 1 N–H and O–H groups in total. The summed E-state index contributed by atoms with van der Waals surface area (Å²) in [6.07, 6.45) is 0. The van der Waals surface area contributed by atoms with Gasteiger partial charge >= 0.3 is 0 Å². The fraction of sp³-hybridized carbons (Fsp3) is 0.250. The largest absolute Gasteiger partial charge is 0.465 e. The summed E-state index contributed by atoms with van der Waals surface area (Å²) in [7, 11) is 0. The molecular formula is C20H21NO3. The molecule has 2 heterocycles. The maximum absolute atomic E-state index is 11.3. The van der Waals surface area contributed by atoms with E-state index in [0.29, 0.717) is 6.54 Å². The van der Waals surface area contributed by atoms with E-state index < -0.39 is 0 Å². The van der Waals surface area contributed by atoms with E-state index in [1.165, 1.54) is 6.92 Å². The van der Waals surface area contributed by atoms with Crippen LogP contribution in [-0.4, -0.2) is 5.91 Å². The smallest absolute Gasteiger partial charge is 0.217 e. The van der Waals surface area contributed by atoms with Gasteiger partial charge in [0.05, 0.1) is 0 Å². The highest BCUT2D eigenvalue weighted by atomic mass is 16.4. The molecule has 0 aliphatic rings. The van der Waals surface area contributed by atoms with Crippen molar-refractivity contribution in [3.8, 4) is 0 Å². The molecule has 0 fully saturated rings. The Hall–Kier alpha value is -2.75. The minimum absolute atomic E-state index is 0.0518. The Bertz CT molecular complexity index is 804. The van der Waals surface area contributed by atoms with Crippen molar-refractivity contribution in [3.63, 3.8) is 0 Å². The lowest BCUT2D eigenvalue weighted by Gasteiger charge is -2.17. The molecule has 0 saturated carbocycles. The van der Waals surface area contributed by atoms with Gasteiger partial charge in [-0.2, -0.15) is 0 Å². The molecule has 2 aromatic heterocycles. The zero-order chi connectivity index (χ0) is 17.1. The zero-order valence-corrected chi connectivity index (χ0v) is 14.1. The van der Waals surface area contributed by atoms with Crippen LogP contribution in [0.1, 0.15) is 47.0 Å². The third-order valence-corrected chi connectivity index (χ3v) is 3.99. The first-order valence-electron chi connectivity index (χ1n) is 7.99. The van der Waals surface area contributed by atoms with E-state index in [-0.39, 0.29) is 11.8 Å². The molecule has 3 rings (SSSR count). The number of rotatable bonds is 5. The summed E-state index contributed by atoms with van der Waals surface area (Å²) in [4.78, 5) is 11.3. The molecule has 0 bridgehead atoms. The maximum Gasteiger partial charge on any atom is 0.217 e. The Morgan fingerprint density at radius 2 is 1.54 bits per heavy atom. The lowest BCUT2D eigenvalue weighted by Crippen LogP contribution is -2.20. The molecule has 0 saturated heterocycles. The summed E-state index contributed by atoms with van der Waals surface area (Å²) >= 11 is 0. The minimum Gasteiger partial charge on any atom is -0.465 e. The molecule has 0 unspecified atom stereocenters. The Balaban J connectivity index is 2.07. The fourth-order valence-corrected chi connectivity index (χ4v) is 2.86. The van der Waals surface area contributed by atoms with Crippen molar-refractivity contribution in [1.29, 1.82) is 0 Å². The van der Waals surface area contributed by atoms with Crippen molar-refractivity contribution >= 4 is 5.91 Å². The molecule has 4 heteroatoms. The van der Waals surface area contributed by atoms with E-state index in [2.05, 4.69) is 11.4 Å². The van der Waals surface area contributed by atoms with Crippen LogP contribution in [0.4, 0.5) is 0 Å². The molecule has 1 aromatic carbocycles. The van der Waals surface area contributed by atoms with Gasteiger partial charge in [-0.05, 0) is 49.2 Å². The van der Waals surface area contributed by atoms with Crippen molar-refractivity contribution in [2.45, 2.75) is 33.2 Å². The molecule has 1 amide bonds.